The van der Waals surface area contributed by atoms with Crippen LogP contribution in [0.15, 0.2) is 37.1 Å². The first kappa shape index (κ1) is 17.8. The van der Waals surface area contributed by atoms with Crippen molar-refractivity contribution in [3.63, 3.8) is 0 Å². The highest BCUT2D eigenvalue weighted by Gasteiger charge is 2.21. The lowest BCUT2D eigenvalue weighted by Crippen LogP contribution is -2.32. The molecule has 0 saturated heterocycles. The van der Waals surface area contributed by atoms with Crippen LogP contribution in [0.4, 0.5) is 5.82 Å². The molecular formula is C21H24N8. The maximum absolute atomic E-state index is 4.75. The van der Waals surface area contributed by atoms with Crippen LogP contribution < -0.4 is 4.90 Å². The van der Waals surface area contributed by atoms with Crippen molar-refractivity contribution in [3.05, 3.63) is 53.9 Å². The van der Waals surface area contributed by atoms with Crippen LogP contribution in [0.1, 0.15) is 30.7 Å². The molecule has 29 heavy (non-hydrogen) atoms. The Morgan fingerprint density at radius 2 is 2.03 bits per heavy atom. The summed E-state index contributed by atoms with van der Waals surface area (Å²) in [5.74, 6) is 1.54. The summed E-state index contributed by atoms with van der Waals surface area (Å²) in [6.45, 7) is 9.07. The average Bonchev–Trinajstić information content (AvgIpc) is 3.35. The van der Waals surface area contributed by atoms with Crippen LogP contribution in [-0.2, 0) is 19.5 Å². The van der Waals surface area contributed by atoms with Crippen LogP contribution in [-0.4, -0.2) is 41.1 Å². The molecule has 0 spiro atoms. The van der Waals surface area contributed by atoms with Crippen LogP contribution in [0.25, 0.3) is 16.8 Å². The molecule has 0 unspecified atom stereocenters. The summed E-state index contributed by atoms with van der Waals surface area (Å²) in [5.41, 5.74) is 6.51. The van der Waals surface area contributed by atoms with Crippen LogP contribution in [0, 0.1) is 12.8 Å². The highest BCUT2D eigenvalue weighted by Crippen LogP contribution is 2.28. The topological polar surface area (TPSA) is 77.0 Å². The summed E-state index contributed by atoms with van der Waals surface area (Å²) < 4.78 is 3.74. The number of hydrogen-bond donors (Lipinski definition) is 0. The molecule has 4 aromatic rings. The molecule has 8 nitrogen and oxygen atoms in total. The molecule has 0 fully saturated rings. The zero-order valence-electron chi connectivity index (χ0n) is 16.9. The molecule has 148 valence electrons. The van der Waals surface area contributed by atoms with Gasteiger partial charge in [-0.25, -0.2) is 0 Å². The zero-order valence-corrected chi connectivity index (χ0v) is 16.9. The normalized spacial score (nSPS) is 14.0. The van der Waals surface area contributed by atoms with Crippen molar-refractivity contribution in [1.29, 1.82) is 0 Å². The van der Waals surface area contributed by atoms with Crippen molar-refractivity contribution < 1.29 is 0 Å². The average molecular weight is 388 g/mol. The molecule has 8 heteroatoms. The fourth-order valence-corrected chi connectivity index (χ4v) is 3.91. The minimum absolute atomic E-state index is 0.566. The van der Waals surface area contributed by atoms with Crippen LogP contribution >= 0.6 is 0 Å². The van der Waals surface area contributed by atoms with Gasteiger partial charge in [-0.3, -0.25) is 9.67 Å². The monoisotopic (exact) mass is 388 g/mol. The van der Waals surface area contributed by atoms with Gasteiger partial charge in [-0.2, -0.15) is 9.61 Å². The first-order chi connectivity index (χ1) is 14.1. The lowest BCUT2D eigenvalue weighted by molar-refractivity contribution is 0.483. The van der Waals surface area contributed by atoms with Gasteiger partial charge >= 0.3 is 0 Å². The third kappa shape index (κ3) is 3.35. The lowest BCUT2D eigenvalue weighted by atomic mass is 10.0. The molecule has 0 saturated carbocycles. The van der Waals surface area contributed by atoms with Gasteiger partial charge in [0.05, 0.1) is 6.20 Å². The second-order valence-electron chi connectivity index (χ2n) is 8.13. The molecular weight excluding hydrogens is 364 g/mol. The summed E-state index contributed by atoms with van der Waals surface area (Å²) in [7, 11) is 0. The second-order valence-corrected chi connectivity index (χ2v) is 8.13. The van der Waals surface area contributed by atoms with Crippen molar-refractivity contribution in [2.45, 2.75) is 40.3 Å². The molecule has 5 rings (SSSR count). The predicted octanol–water partition coefficient (Wildman–Crippen LogP) is 2.91. The van der Waals surface area contributed by atoms with Crippen molar-refractivity contribution in [2.75, 3.05) is 11.4 Å². The molecule has 1 aliphatic rings. The maximum Gasteiger partial charge on any atom is 0.177 e. The van der Waals surface area contributed by atoms with Crippen molar-refractivity contribution in [2.24, 2.45) is 5.92 Å². The van der Waals surface area contributed by atoms with Gasteiger partial charge < -0.3 is 4.90 Å². The number of pyridine rings is 1. The van der Waals surface area contributed by atoms with E-state index in [1.54, 1.807) is 10.8 Å². The van der Waals surface area contributed by atoms with Crippen LogP contribution in [0.3, 0.4) is 0 Å². The van der Waals surface area contributed by atoms with E-state index in [2.05, 4.69) is 53.2 Å². The molecule has 5 heterocycles. The molecule has 0 radical (unpaired) electrons. The van der Waals surface area contributed by atoms with Crippen LogP contribution in [0.5, 0.6) is 0 Å². The van der Waals surface area contributed by atoms with E-state index in [1.807, 2.05) is 23.1 Å². The zero-order chi connectivity index (χ0) is 20.0. The predicted molar refractivity (Wildman–Crippen MR) is 111 cm³/mol. The molecule has 1 aliphatic heterocycles. The summed E-state index contributed by atoms with van der Waals surface area (Å²) in [4.78, 5) is 7.06. The number of aryl methyl sites for hydroxylation is 1. The minimum atomic E-state index is 0.566. The first-order valence-electron chi connectivity index (χ1n) is 10.00. The number of fused-ring (bicyclic) bond motifs is 2. The fraction of sp³-hybridized carbons (Fsp3) is 0.381. The van der Waals surface area contributed by atoms with Crippen LogP contribution in [0.2, 0.25) is 0 Å². The number of aromatic nitrogens is 7. The van der Waals surface area contributed by atoms with Crippen molar-refractivity contribution in [1.82, 2.24) is 34.6 Å². The Balaban J connectivity index is 1.44. The molecule has 4 aromatic heterocycles. The van der Waals surface area contributed by atoms with Gasteiger partial charge in [-0.05, 0) is 36.1 Å². The quantitative estimate of drug-likeness (QED) is 0.535. The first-order valence-corrected chi connectivity index (χ1v) is 10.00. The Morgan fingerprint density at radius 3 is 2.90 bits per heavy atom. The van der Waals surface area contributed by atoms with Crippen molar-refractivity contribution >= 4 is 11.5 Å². The highest BCUT2D eigenvalue weighted by atomic mass is 15.4. The van der Waals surface area contributed by atoms with Gasteiger partial charge in [0.2, 0.25) is 0 Å². The number of rotatable bonds is 4. The molecule has 0 N–H and O–H groups in total. The smallest absolute Gasteiger partial charge is 0.177 e. The van der Waals surface area contributed by atoms with E-state index in [4.69, 9.17) is 10.1 Å². The number of nitrogens with zero attached hydrogens (tertiary/aromatic N) is 8. The largest absolute Gasteiger partial charge is 0.350 e. The summed E-state index contributed by atoms with van der Waals surface area (Å²) in [6, 6.07) is 4.28. The summed E-state index contributed by atoms with van der Waals surface area (Å²) >= 11 is 0. The molecule has 0 atom stereocenters. The van der Waals surface area contributed by atoms with E-state index >= 15 is 0 Å². The van der Waals surface area contributed by atoms with Gasteiger partial charge in [0.1, 0.15) is 6.33 Å². The Kier molecular flexibility index (Phi) is 4.26. The van der Waals surface area contributed by atoms with E-state index in [0.29, 0.717) is 5.92 Å². The summed E-state index contributed by atoms with van der Waals surface area (Å²) in [6.07, 6.45) is 8.56. The molecule has 0 bridgehead atoms. The van der Waals surface area contributed by atoms with E-state index in [1.165, 1.54) is 11.3 Å². The highest BCUT2D eigenvalue weighted by molar-refractivity contribution is 5.63. The van der Waals surface area contributed by atoms with Crippen molar-refractivity contribution in [3.8, 4) is 11.1 Å². The van der Waals surface area contributed by atoms with Gasteiger partial charge in [0.15, 0.2) is 11.5 Å². The Morgan fingerprint density at radius 1 is 1.14 bits per heavy atom. The van der Waals surface area contributed by atoms with Gasteiger partial charge in [0.25, 0.3) is 0 Å². The van der Waals surface area contributed by atoms with E-state index in [9.17, 15) is 0 Å². The third-order valence-corrected chi connectivity index (χ3v) is 5.31. The molecule has 0 aliphatic carbocycles. The van der Waals surface area contributed by atoms with Gasteiger partial charge in [0, 0.05) is 55.3 Å². The van der Waals surface area contributed by atoms with Gasteiger partial charge in [-0.15, -0.1) is 15.3 Å². The fourth-order valence-electron chi connectivity index (χ4n) is 3.91. The van der Waals surface area contributed by atoms with E-state index < -0.39 is 0 Å². The minimum Gasteiger partial charge on any atom is -0.350 e. The Bertz CT molecular complexity index is 1170. The number of hydrogen-bond acceptors (Lipinski definition) is 6. The van der Waals surface area contributed by atoms with E-state index in [0.717, 1.165) is 54.2 Å². The standard InChI is InChI=1S/C21H24N8/c1-14(2)10-28-12-18(9-24-28)16-7-17-11-27(5-4-19(17)22-8-16)21-15(3)6-20-25-23-13-29(20)26-21/h6-9,12-14H,4-5,10-11H2,1-3H3. The Labute approximate surface area is 169 Å². The number of anilines is 1. The van der Waals surface area contributed by atoms with Gasteiger partial charge in [-0.1, -0.05) is 13.8 Å². The summed E-state index contributed by atoms with van der Waals surface area (Å²) in [5, 5.41) is 17.2. The lowest BCUT2D eigenvalue weighted by Gasteiger charge is -2.30. The molecule has 0 amide bonds. The second kappa shape index (κ2) is 6.95. The molecule has 0 aromatic carbocycles. The Hall–Kier alpha value is -3.29. The van der Waals surface area contributed by atoms with E-state index in [-0.39, 0.29) is 0 Å². The third-order valence-electron chi connectivity index (χ3n) is 5.31. The maximum atomic E-state index is 4.75. The SMILES string of the molecule is Cc1cc2nncn2nc1N1CCc2ncc(-c3cnn(CC(C)C)c3)cc2C1.